The van der Waals surface area contributed by atoms with Gasteiger partial charge in [0.05, 0.1) is 0 Å². The summed E-state index contributed by atoms with van der Waals surface area (Å²) in [7, 11) is 0. The fourth-order valence-corrected chi connectivity index (χ4v) is 2.67. The topological polar surface area (TPSA) is 49.8 Å². The van der Waals surface area contributed by atoms with Gasteiger partial charge in [0, 0.05) is 29.6 Å². The van der Waals surface area contributed by atoms with Crippen molar-refractivity contribution in [2.75, 3.05) is 10.6 Å². The summed E-state index contributed by atoms with van der Waals surface area (Å²) in [6.45, 7) is 1.87. The van der Waals surface area contributed by atoms with Crippen LogP contribution in [-0.4, -0.2) is 16.0 Å². The van der Waals surface area contributed by atoms with Gasteiger partial charge >= 0.3 is 0 Å². The summed E-state index contributed by atoms with van der Waals surface area (Å²) in [4.78, 5) is 8.77. The maximum atomic E-state index is 13.3. The zero-order valence-corrected chi connectivity index (χ0v) is 12.4. The Morgan fingerprint density at radius 1 is 1.05 bits per heavy atom. The highest BCUT2D eigenvalue weighted by molar-refractivity contribution is 5.57. The van der Waals surface area contributed by atoms with Gasteiger partial charge in [0.15, 0.2) is 11.6 Å². The summed E-state index contributed by atoms with van der Waals surface area (Å²) >= 11 is 0. The van der Waals surface area contributed by atoms with Crippen LogP contribution in [0.5, 0.6) is 0 Å². The molecule has 1 aliphatic rings. The van der Waals surface area contributed by atoms with Gasteiger partial charge in [-0.05, 0) is 31.9 Å². The van der Waals surface area contributed by atoms with Crippen molar-refractivity contribution in [2.45, 2.75) is 38.6 Å². The summed E-state index contributed by atoms with van der Waals surface area (Å²) in [5.74, 6) is -0.635. The van der Waals surface area contributed by atoms with Crippen LogP contribution in [0.15, 0.2) is 24.3 Å². The lowest BCUT2D eigenvalue weighted by molar-refractivity contribution is 0.509. The van der Waals surface area contributed by atoms with Crippen LogP contribution in [0.4, 0.5) is 26.2 Å². The largest absolute Gasteiger partial charge is 0.351 e. The Kier molecular flexibility index (Phi) is 4.18. The van der Waals surface area contributed by atoms with E-state index in [0.29, 0.717) is 23.5 Å². The van der Waals surface area contributed by atoms with Crippen molar-refractivity contribution in [2.24, 2.45) is 0 Å². The lowest BCUT2D eigenvalue weighted by Crippen LogP contribution is -2.17. The van der Waals surface area contributed by atoms with Gasteiger partial charge in [-0.3, -0.25) is 0 Å². The van der Waals surface area contributed by atoms with Crippen molar-refractivity contribution < 1.29 is 8.78 Å². The van der Waals surface area contributed by atoms with E-state index in [1.54, 1.807) is 6.07 Å². The molecule has 0 atom stereocenters. The Hall–Kier alpha value is -2.24. The molecule has 1 aromatic heterocycles. The molecule has 0 radical (unpaired) electrons. The summed E-state index contributed by atoms with van der Waals surface area (Å²) in [6.07, 6.45) is 4.71. The molecule has 0 amide bonds. The fourth-order valence-electron chi connectivity index (χ4n) is 2.67. The second-order valence-corrected chi connectivity index (χ2v) is 5.60. The van der Waals surface area contributed by atoms with Crippen molar-refractivity contribution >= 4 is 17.5 Å². The maximum Gasteiger partial charge on any atom is 0.225 e. The van der Waals surface area contributed by atoms with E-state index in [4.69, 9.17) is 0 Å². The van der Waals surface area contributed by atoms with Gasteiger partial charge < -0.3 is 10.6 Å². The third-order valence-electron chi connectivity index (χ3n) is 3.73. The Labute approximate surface area is 128 Å². The minimum atomic E-state index is -0.889. The number of benzene rings is 1. The predicted molar refractivity (Wildman–Crippen MR) is 82.3 cm³/mol. The molecule has 0 unspecified atom stereocenters. The number of nitrogens with one attached hydrogen (secondary N) is 2. The molecule has 1 aromatic carbocycles. The van der Waals surface area contributed by atoms with E-state index >= 15 is 0 Å². The first-order valence-electron chi connectivity index (χ1n) is 7.44. The van der Waals surface area contributed by atoms with Gasteiger partial charge in [0.1, 0.15) is 5.82 Å². The molecule has 1 saturated carbocycles. The average molecular weight is 304 g/mol. The van der Waals surface area contributed by atoms with E-state index in [9.17, 15) is 8.78 Å². The van der Waals surface area contributed by atoms with E-state index < -0.39 is 11.6 Å². The number of hydrogen-bond acceptors (Lipinski definition) is 4. The minimum absolute atomic E-state index is 0.415. The highest BCUT2D eigenvalue weighted by Crippen LogP contribution is 2.23. The van der Waals surface area contributed by atoms with Gasteiger partial charge in [-0.15, -0.1) is 0 Å². The highest BCUT2D eigenvalue weighted by atomic mass is 19.2. The summed E-state index contributed by atoms with van der Waals surface area (Å²) < 4.78 is 26.2. The molecule has 4 nitrogen and oxygen atoms in total. The first-order chi connectivity index (χ1) is 10.6. The zero-order chi connectivity index (χ0) is 15.5. The third kappa shape index (κ3) is 3.50. The molecule has 1 aliphatic carbocycles. The van der Waals surface area contributed by atoms with E-state index in [0.717, 1.165) is 30.7 Å². The number of nitrogens with zero attached hydrogens (tertiary/aromatic N) is 2. The molecule has 22 heavy (non-hydrogen) atoms. The molecule has 1 fully saturated rings. The fraction of sp³-hybridized carbons (Fsp3) is 0.375. The lowest BCUT2D eigenvalue weighted by Gasteiger charge is -2.14. The van der Waals surface area contributed by atoms with E-state index in [-0.39, 0.29) is 0 Å². The van der Waals surface area contributed by atoms with Gasteiger partial charge in [0.25, 0.3) is 0 Å². The SMILES string of the molecule is Cc1cc(Nc2ccc(F)c(F)c2)nc(NC2CCCC2)n1. The van der Waals surface area contributed by atoms with Crippen molar-refractivity contribution in [3.63, 3.8) is 0 Å². The average Bonchev–Trinajstić information content (AvgIpc) is 2.95. The Balaban J connectivity index is 1.77. The molecule has 0 spiro atoms. The second-order valence-electron chi connectivity index (χ2n) is 5.60. The number of aryl methyl sites for hydroxylation is 1. The van der Waals surface area contributed by atoms with E-state index in [2.05, 4.69) is 20.6 Å². The van der Waals surface area contributed by atoms with Gasteiger partial charge in [-0.2, -0.15) is 4.98 Å². The number of halogens is 2. The van der Waals surface area contributed by atoms with Crippen LogP contribution in [0.1, 0.15) is 31.4 Å². The van der Waals surface area contributed by atoms with Crippen LogP contribution in [0.3, 0.4) is 0 Å². The third-order valence-corrected chi connectivity index (χ3v) is 3.73. The van der Waals surface area contributed by atoms with Crippen molar-refractivity contribution in [3.8, 4) is 0 Å². The molecule has 1 heterocycles. The van der Waals surface area contributed by atoms with Crippen molar-refractivity contribution in [3.05, 3.63) is 41.6 Å². The highest BCUT2D eigenvalue weighted by Gasteiger charge is 2.16. The zero-order valence-electron chi connectivity index (χ0n) is 12.4. The monoisotopic (exact) mass is 304 g/mol. The van der Waals surface area contributed by atoms with Gasteiger partial charge in [-0.25, -0.2) is 13.8 Å². The number of aromatic nitrogens is 2. The molecule has 3 rings (SSSR count). The summed E-state index contributed by atoms with van der Waals surface area (Å²) in [5.41, 5.74) is 1.25. The van der Waals surface area contributed by atoms with Gasteiger partial charge in [0.2, 0.25) is 5.95 Å². The molecular weight excluding hydrogens is 286 g/mol. The Morgan fingerprint density at radius 3 is 2.55 bits per heavy atom. The number of hydrogen-bond donors (Lipinski definition) is 2. The molecule has 6 heteroatoms. The minimum Gasteiger partial charge on any atom is -0.351 e. The second kappa shape index (κ2) is 6.25. The lowest BCUT2D eigenvalue weighted by atomic mass is 10.2. The van der Waals surface area contributed by atoms with Crippen LogP contribution in [0.2, 0.25) is 0 Å². The smallest absolute Gasteiger partial charge is 0.225 e. The van der Waals surface area contributed by atoms with Crippen LogP contribution in [0, 0.1) is 18.6 Å². The quantitative estimate of drug-likeness (QED) is 0.890. The molecule has 116 valence electrons. The van der Waals surface area contributed by atoms with Crippen LogP contribution >= 0.6 is 0 Å². The normalized spacial score (nSPS) is 15.0. The molecular formula is C16H18F2N4. The Morgan fingerprint density at radius 2 is 1.82 bits per heavy atom. The van der Waals surface area contributed by atoms with Crippen molar-refractivity contribution in [1.29, 1.82) is 0 Å². The first-order valence-corrected chi connectivity index (χ1v) is 7.44. The molecule has 2 N–H and O–H groups in total. The van der Waals surface area contributed by atoms with Crippen LogP contribution in [0.25, 0.3) is 0 Å². The van der Waals surface area contributed by atoms with E-state index in [1.165, 1.54) is 18.9 Å². The summed E-state index contributed by atoms with van der Waals surface area (Å²) in [5, 5.41) is 6.31. The molecule has 0 saturated heterocycles. The standard InChI is InChI=1S/C16H18F2N4/c1-10-8-15(20-12-6-7-13(17)14(18)9-12)22-16(19-10)21-11-4-2-3-5-11/h6-9,11H,2-5H2,1H3,(H2,19,20,21,22). The van der Waals surface area contributed by atoms with Crippen LogP contribution < -0.4 is 10.6 Å². The van der Waals surface area contributed by atoms with Crippen molar-refractivity contribution in [1.82, 2.24) is 9.97 Å². The molecule has 0 bridgehead atoms. The van der Waals surface area contributed by atoms with Gasteiger partial charge in [-0.1, -0.05) is 12.8 Å². The Bertz CT molecular complexity index is 669. The number of rotatable bonds is 4. The maximum absolute atomic E-state index is 13.3. The van der Waals surface area contributed by atoms with E-state index in [1.807, 2.05) is 6.92 Å². The van der Waals surface area contributed by atoms with Crippen LogP contribution in [-0.2, 0) is 0 Å². The first kappa shape index (κ1) is 14.7. The number of anilines is 3. The molecule has 2 aromatic rings. The predicted octanol–water partition coefficient (Wildman–Crippen LogP) is 4.16. The molecule has 0 aliphatic heterocycles. The summed E-state index contributed by atoms with van der Waals surface area (Å²) in [6, 6.07) is 5.85.